The van der Waals surface area contributed by atoms with Crippen molar-refractivity contribution in [3.05, 3.63) is 11.7 Å². The van der Waals surface area contributed by atoms with Crippen molar-refractivity contribution < 1.29 is 14.1 Å². The molecule has 1 saturated heterocycles. The van der Waals surface area contributed by atoms with Gasteiger partial charge < -0.3 is 19.9 Å². The van der Waals surface area contributed by atoms with Crippen molar-refractivity contribution >= 4 is 5.91 Å². The van der Waals surface area contributed by atoms with E-state index in [1.807, 2.05) is 20.8 Å². The standard InChI is InChI=1S/C14H24N4O3/c1-4-20-8-11(9(2)3)16-13(19)12-17-14(21-18-12)10-6-5-7-15-10/h9-11,15H,4-8H2,1-3H3,(H,16,19). The van der Waals surface area contributed by atoms with Crippen molar-refractivity contribution in [1.82, 2.24) is 20.8 Å². The third kappa shape index (κ3) is 4.25. The minimum Gasteiger partial charge on any atom is -0.380 e. The highest BCUT2D eigenvalue weighted by atomic mass is 16.5. The Morgan fingerprint density at radius 2 is 2.38 bits per heavy atom. The molecule has 21 heavy (non-hydrogen) atoms. The van der Waals surface area contributed by atoms with Crippen molar-refractivity contribution in [3.8, 4) is 0 Å². The lowest BCUT2D eigenvalue weighted by molar-refractivity contribution is 0.0795. The predicted molar refractivity (Wildman–Crippen MR) is 76.9 cm³/mol. The monoisotopic (exact) mass is 296 g/mol. The van der Waals surface area contributed by atoms with E-state index in [1.165, 1.54) is 0 Å². The molecule has 2 N–H and O–H groups in total. The molecule has 0 aromatic carbocycles. The molecule has 0 saturated carbocycles. The molecule has 2 unspecified atom stereocenters. The molecule has 1 aromatic heterocycles. The Morgan fingerprint density at radius 1 is 1.57 bits per heavy atom. The van der Waals surface area contributed by atoms with Gasteiger partial charge in [0.25, 0.3) is 11.7 Å². The van der Waals surface area contributed by atoms with Crippen LogP contribution in [0.15, 0.2) is 4.52 Å². The van der Waals surface area contributed by atoms with Crippen LogP contribution in [0.5, 0.6) is 0 Å². The summed E-state index contributed by atoms with van der Waals surface area (Å²) in [6, 6.07) is 0.00683. The molecule has 2 heterocycles. The molecule has 1 aliphatic heterocycles. The summed E-state index contributed by atoms with van der Waals surface area (Å²) < 4.78 is 10.6. The van der Waals surface area contributed by atoms with Gasteiger partial charge in [0.2, 0.25) is 5.89 Å². The molecular formula is C14H24N4O3. The normalized spacial score (nSPS) is 19.9. The Morgan fingerprint density at radius 3 is 3.00 bits per heavy atom. The van der Waals surface area contributed by atoms with Gasteiger partial charge in [-0.15, -0.1) is 0 Å². The molecule has 0 aliphatic carbocycles. The molecule has 1 aliphatic rings. The van der Waals surface area contributed by atoms with Gasteiger partial charge >= 0.3 is 0 Å². The highest BCUT2D eigenvalue weighted by molar-refractivity contribution is 5.90. The number of amides is 1. The summed E-state index contributed by atoms with van der Waals surface area (Å²) in [7, 11) is 0. The summed E-state index contributed by atoms with van der Waals surface area (Å²) in [6.07, 6.45) is 2.04. The van der Waals surface area contributed by atoms with Crippen molar-refractivity contribution in [1.29, 1.82) is 0 Å². The summed E-state index contributed by atoms with van der Waals surface area (Å²) in [6.45, 7) is 8.05. The quantitative estimate of drug-likeness (QED) is 0.788. The van der Waals surface area contributed by atoms with E-state index in [2.05, 4.69) is 20.8 Å². The number of carbonyl (C=O) groups is 1. The van der Waals surface area contributed by atoms with Gasteiger partial charge in [-0.1, -0.05) is 19.0 Å². The molecule has 0 bridgehead atoms. The average molecular weight is 296 g/mol. The fourth-order valence-electron chi connectivity index (χ4n) is 2.24. The molecule has 2 rings (SSSR count). The van der Waals surface area contributed by atoms with E-state index >= 15 is 0 Å². The fourth-order valence-corrected chi connectivity index (χ4v) is 2.24. The second-order valence-electron chi connectivity index (χ2n) is 5.59. The Kier molecular flexibility index (Phi) is 5.69. The van der Waals surface area contributed by atoms with Crippen molar-refractivity contribution in [3.63, 3.8) is 0 Å². The molecule has 1 amide bonds. The van der Waals surface area contributed by atoms with Crippen LogP contribution in [0.3, 0.4) is 0 Å². The van der Waals surface area contributed by atoms with E-state index in [0.717, 1.165) is 19.4 Å². The van der Waals surface area contributed by atoms with Crippen LogP contribution in [0.4, 0.5) is 0 Å². The van der Waals surface area contributed by atoms with Gasteiger partial charge in [-0.2, -0.15) is 4.98 Å². The van der Waals surface area contributed by atoms with E-state index in [1.54, 1.807) is 0 Å². The van der Waals surface area contributed by atoms with Gasteiger partial charge in [0.15, 0.2) is 0 Å². The molecule has 7 nitrogen and oxygen atoms in total. The molecule has 1 aromatic rings. The highest BCUT2D eigenvalue weighted by Gasteiger charge is 2.25. The number of hydrogen-bond donors (Lipinski definition) is 2. The first-order valence-corrected chi connectivity index (χ1v) is 7.57. The summed E-state index contributed by atoms with van der Waals surface area (Å²) in [4.78, 5) is 16.4. The van der Waals surface area contributed by atoms with Crippen molar-refractivity contribution in [2.24, 2.45) is 5.92 Å². The highest BCUT2D eigenvalue weighted by Crippen LogP contribution is 2.21. The summed E-state index contributed by atoms with van der Waals surface area (Å²) in [5.41, 5.74) is 0. The second kappa shape index (κ2) is 7.51. The van der Waals surface area contributed by atoms with Crippen LogP contribution < -0.4 is 10.6 Å². The van der Waals surface area contributed by atoms with Gasteiger partial charge in [-0.3, -0.25) is 4.79 Å². The van der Waals surface area contributed by atoms with Crippen LogP contribution in [-0.4, -0.2) is 41.8 Å². The maximum atomic E-state index is 12.2. The van der Waals surface area contributed by atoms with Crippen LogP contribution in [0.1, 0.15) is 56.2 Å². The number of nitrogens with one attached hydrogen (secondary N) is 2. The van der Waals surface area contributed by atoms with Crippen LogP contribution >= 0.6 is 0 Å². The third-order valence-corrected chi connectivity index (χ3v) is 3.63. The number of aromatic nitrogens is 2. The van der Waals surface area contributed by atoms with Crippen LogP contribution in [0, 0.1) is 5.92 Å². The van der Waals surface area contributed by atoms with Crippen molar-refractivity contribution in [2.45, 2.75) is 45.7 Å². The first kappa shape index (κ1) is 15.9. The van der Waals surface area contributed by atoms with Gasteiger partial charge in [-0.25, -0.2) is 0 Å². The number of rotatable bonds is 7. The maximum Gasteiger partial charge on any atom is 0.292 e. The Labute approximate surface area is 124 Å². The number of ether oxygens (including phenoxy) is 1. The van der Waals surface area contributed by atoms with Gasteiger partial charge in [0.05, 0.1) is 18.7 Å². The minimum atomic E-state index is -0.318. The maximum absolute atomic E-state index is 12.2. The number of hydrogen-bond acceptors (Lipinski definition) is 6. The number of nitrogens with zero attached hydrogens (tertiary/aromatic N) is 2. The first-order chi connectivity index (χ1) is 10.1. The second-order valence-corrected chi connectivity index (χ2v) is 5.59. The zero-order valence-electron chi connectivity index (χ0n) is 12.9. The van der Waals surface area contributed by atoms with Crippen LogP contribution in [0.2, 0.25) is 0 Å². The molecule has 0 radical (unpaired) electrons. The summed E-state index contributed by atoms with van der Waals surface area (Å²) in [5.74, 6) is 0.522. The summed E-state index contributed by atoms with van der Waals surface area (Å²) >= 11 is 0. The number of carbonyl (C=O) groups excluding carboxylic acids is 1. The molecular weight excluding hydrogens is 272 g/mol. The van der Waals surface area contributed by atoms with E-state index < -0.39 is 0 Å². The van der Waals surface area contributed by atoms with E-state index in [9.17, 15) is 4.79 Å². The zero-order chi connectivity index (χ0) is 15.2. The van der Waals surface area contributed by atoms with Gasteiger partial charge in [0.1, 0.15) is 0 Å². The average Bonchev–Trinajstić information content (AvgIpc) is 3.12. The lowest BCUT2D eigenvalue weighted by Crippen LogP contribution is -2.42. The minimum absolute atomic E-state index is 0.0657. The smallest absolute Gasteiger partial charge is 0.292 e. The SMILES string of the molecule is CCOCC(NC(=O)c1noc(C2CCCN2)n1)C(C)C. The molecule has 0 spiro atoms. The van der Waals surface area contributed by atoms with Gasteiger partial charge in [-0.05, 0) is 32.2 Å². The lowest BCUT2D eigenvalue weighted by Gasteiger charge is -2.21. The largest absolute Gasteiger partial charge is 0.380 e. The lowest BCUT2D eigenvalue weighted by atomic mass is 10.1. The molecule has 118 valence electrons. The zero-order valence-corrected chi connectivity index (χ0v) is 12.9. The first-order valence-electron chi connectivity index (χ1n) is 7.57. The Balaban J connectivity index is 1.95. The van der Waals surface area contributed by atoms with Gasteiger partial charge in [0, 0.05) is 6.61 Å². The van der Waals surface area contributed by atoms with E-state index in [-0.39, 0.29) is 29.7 Å². The van der Waals surface area contributed by atoms with E-state index in [4.69, 9.17) is 9.26 Å². The van der Waals surface area contributed by atoms with Crippen LogP contribution in [0.25, 0.3) is 0 Å². The van der Waals surface area contributed by atoms with Crippen LogP contribution in [-0.2, 0) is 4.74 Å². The fraction of sp³-hybridized carbons (Fsp3) is 0.786. The Bertz CT molecular complexity index is 455. The molecule has 1 fully saturated rings. The molecule has 2 atom stereocenters. The van der Waals surface area contributed by atoms with E-state index in [0.29, 0.717) is 19.1 Å². The Hall–Kier alpha value is -1.47. The molecule has 7 heteroatoms. The van der Waals surface area contributed by atoms with Crippen molar-refractivity contribution in [2.75, 3.05) is 19.8 Å². The third-order valence-electron chi connectivity index (χ3n) is 3.63. The predicted octanol–water partition coefficient (Wildman–Crippen LogP) is 1.28. The summed E-state index contributed by atoms with van der Waals surface area (Å²) in [5, 5.41) is 9.94. The topological polar surface area (TPSA) is 89.3 Å².